The quantitative estimate of drug-likeness (QED) is 0.521. The summed E-state index contributed by atoms with van der Waals surface area (Å²) in [6.45, 7) is 5.76. The van der Waals surface area contributed by atoms with Crippen LogP contribution in [-0.4, -0.2) is 18.5 Å². The summed E-state index contributed by atoms with van der Waals surface area (Å²) in [4.78, 5) is 0. The summed E-state index contributed by atoms with van der Waals surface area (Å²) in [6, 6.07) is 12.3. The van der Waals surface area contributed by atoms with Crippen molar-refractivity contribution >= 4 is 26.7 Å². The Morgan fingerprint density at radius 1 is 0.950 bits per heavy atom. The van der Waals surface area contributed by atoms with E-state index in [1.807, 2.05) is 24.3 Å². The molecule has 0 bridgehead atoms. The van der Waals surface area contributed by atoms with Crippen LogP contribution >= 0.6 is 15.9 Å². The van der Waals surface area contributed by atoms with Gasteiger partial charge in [-0.15, -0.1) is 0 Å². The maximum absolute atomic E-state index is 5.90. The molecule has 2 rings (SSSR count). The van der Waals surface area contributed by atoms with Crippen LogP contribution in [0.1, 0.15) is 20.3 Å². The average Bonchev–Trinajstić information content (AvgIpc) is 2.46. The Labute approximate surface area is 129 Å². The highest BCUT2D eigenvalue weighted by Gasteiger charge is 2.08. The molecule has 0 saturated heterocycles. The number of benzene rings is 2. The van der Waals surface area contributed by atoms with E-state index in [9.17, 15) is 0 Å². The summed E-state index contributed by atoms with van der Waals surface area (Å²) in [5.74, 6) is 2.38. The maximum atomic E-state index is 5.90. The minimum Gasteiger partial charge on any atom is -0.493 e. The van der Waals surface area contributed by atoms with Gasteiger partial charge in [-0.1, -0.05) is 54.0 Å². The Morgan fingerprint density at radius 3 is 2.10 bits per heavy atom. The molecule has 3 heteroatoms. The molecule has 0 fully saturated rings. The van der Waals surface area contributed by atoms with Crippen LogP contribution in [0, 0.1) is 5.92 Å². The van der Waals surface area contributed by atoms with Crippen LogP contribution in [0.5, 0.6) is 11.5 Å². The number of fused-ring (bicyclic) bond motifs is 1. The smallest absolute Gasteiger partial charge is 0.127 e. The van der Waals surface area contributed by atoms with Gasteiger partial charge in [0.15, 0.2) is 0 Å². The van der Waals surface area contributed by atoms with E-state index in [0.29, 0.717) is 5.92 Å². The first-order valence-corrected chi connectivity index (χ1v) is 8.18. The molecule has 108 valence electrons. The Balaban J connectivity index is 2.26. The molecule has 0 aromatic heterocycles. The van der Waals surface area contributed by atoms with Gasteiger partial charge in [0.25, 0.3) is 0 Å². The summed E-state index contributed by atoms with van der Waals surface area (Å²) >= 11 is 3.42. The first kappa shape index (κ1) is 15.2. The van der Waals surface area contributed by atoms with Gasteiger partial charge in [-0.3, -0.25) is 0 Å². The molecule has 0 N–H and O–H groups in total. The van der Waals surface area contributed by atoms with E-state index in [2.05, 4.69) is 41.9 Å². The van der Waals surface area contributed by atoms with E-state index < -0.39 is 0 Å². The maximum Gasteiger partial charge on any atom is 0.127 e. The summed E-state index contributed by atoms with van der Waals surface area (Å²) in [7, 11) is 0. The zero-order valence-electron chi connectivity index (χ0n) is 12.1. The molecule has 0 aliphatic carbocycles. The lowest BCUT2D eigenvalue weighted by Gasteiger charge is -2.14. The molecule has 20 heavy (non-hydrogen) atoms. The van der Waals surface area contributed by atoms with Crippen LogP contribution in [-0.2, 0) is 0 Å². The third-order valence-corrected chi connectivity index (χ3v) is 3.51. The molecular formula is C17H21BrO2. The monoisotopic (exact) mass is 336 g/mol. The molecule has 0 atom stereocenters. The third kappa shape index (κ3) is 3.89. The predicted octanol–water partition coefficient (Wildman–Crippen LogP) is 5.04. The van der Waals surface area contributed by atoms with E-state index in [1.54, 1.807) is 0 Å². The van der Waals surface area contributed by atoms with Crippen LogP contribution in [0.25, 0.3) is 10.8 Å². The van der Waals surface area contributed by atoms with Crippen molar-refractivity contribution in [1.82, 2.24) is 0 Å². The van der Waals surface area contributed by atoms with Gasteiger partial charge in [0.1, 0.15) is 11.5 Å². The average molecular weight is 337 g/mol. The molecular weight excluding hydrogens is 316 g/mol. The van der Waals surface area contributed by atoms with Gasteiger partial charge < -0.3 is 9.47 Å². The molecule has 0 spiro atoms. The normalized spacial score (nSPS) is 11.0. The molecule has 0 unspecified atom stereocenters. The van der Waals surface area contributed by atoms with Crippen molar-refractivity contribution < 1.29 is 9.47 Å². The molecule has 2 aromatic carbocycles. The fourth-order valence-electron chi connectivity index (χ4n) is 1.99. The fourth-order valence-corrected chi connectivity index (χ4v) is 2.22. The molecule has 2 aromatic rings. The van der Waals surface area contributed by atoms with Crippen LogP contribution in [0.15, 0.2) is 36.4 Å². The lowest BCUT2D eigenvalue weighted by Crippen LogP contribution is -2.05. The first-order valence-electron chi connectivity index (χ1n) is 7.05. The molecule has 0 aliphatic rings. The highest BCUT2D eigenvalue weighted by atomic mass is 79.9. The Morgan fingerprint density at radius 2 is 1.55 bits per heavy atom. The van der Waals surface area contributed by atoms with Gasteiger partial charge in [0.2, 0.25) is 0 Å². The van der Waals surface area contributed by atoms with E-state index in [4.69, 9.17) is 9.47 Å². The summed E-state index contributed by atoms with van der Waals surface area (Å²) in [5.41, 5.74) is 0. The van der Waals surface area contributed by atoms with Gasteiger partial charge in [-0.05, 0) is 24.5 Å². The number of hydrogen-bond acceptors (Lipinski definition) is 2. The molecule has 2 nitrogen and oxygen atoms in total. The Hall–Kier alpha value is -1.22. The van der Waals surface area contributed by atoms with Gasteiger partial charge in [-0.25, -0.2) is 0 Å². The molecule has 0 aliphatic heterocycles. The molecule has 0 radical (unpaired) electrons. The predicted molar refractivity (Wildman–Crippen MR) is 88.2 cm³/mol. The minimum atomic E-state index is 0.517. The van der Waals surface area contributed by atoms with Crippen molar-refractivity contribution in [3.63, 3.8) is 0 Å². The molecule has 0 amide bonds. The molecule has 0 heterocycles. The number of alkyl halides is 1. The highest BCUT2D eigenvalue weighted by molar-refractivity contribution is 9.09. The zero-order valence-corrected chi connectivity index (χ0v) is 13.7. The van der Waals surface area contributed by atoms with E-state index in [-0.39, 0.29) is 0 Å². The standard InChI is InChI=1S/C17H21BrO2/c1-13(2)12-20-17-9-8-16(19-11-5-10-18)14-6-3-4-7-15(14)17/h3-4,6-9,13H,5,10-12H2,1-2H3. The van der Waals surface area contributed by atoms with Crippen LogP contribution in [0.2, 0.25) is 0 Å². The van der Waals surface area contributed by atoms with Gasteiger partial charge >= 0.3 is 0 Å². The summed E-state index contributed by atoms with van der Waals surface area (Å²) in [5, 5.41) is 3.19. The van der Waals surface area contributed by atoms with Crippen LogP contribution < -0.4 is 9.47 Å². The van der Waals surface area contributed by atoms with Gasteiger partial charge in [-0.2, -0.15) is 0 Å². The van der Waals surface area contributed by atoms with E-state index >= 15 is 0 Å². The number of hydrogen-bond donors (Lipinski definition) is 0. The van der Waals surface area contributed by atoms with Gasteiger partial charge in [0, 0.05) is 16.1 Å². The second-order valence-corrected chi connectivity index (χ2v) is 6.00. The summed E-state index contributed by atoms with van der Waals surface area (Å²) in [6.07, 6.45) is 1.000. The minimum absolute atomic E-state index is 0.517. The topological polar surface area (TPSA) is 18.5 Å². The SMILES string of the molecule is CC(C)COc1ccc(OCCCBr)c2ccccc12. The number of rotatable bonds is 7. The second-order valence-electron chi connectivity index (χ2n) is 5.20. The lowest BCUT2D eigenvalue weighted by atomic mass is 10.1. The highest BCUT2D eigenvalue weighted by Crippen LogP contribution is 2.33. The van der Waals surface area contributed by atoms with Gasteiger partial charge in [0.05, 0.1) is 13.2 Å². The summed E-state index contributed by atoms with van der Waals surface area (Å²) < 4.78 is 11.8. The van der Waals surface area contributed by atoms with Crippen molar-refractivity contribution in [2.75, 3.05) is 18.5 Å². The first-order chi connectivity index (χ1) is 9.72. The van der Waals surface area contributed by atoms with Crippen molar-refractivity contribution in [2.24, 2.45) is 5.92 Å². The van der Waals surface area contributed by atoms with Crippen molar-refractivity contribution in [3.8, 4) is 11.5 Å². The van der Waals surface area contributed by atoms with Crippen molar-refractivity contribution in [3.05, 3.63) is 36.4 Å². The fraction of sp³-hybridized carbons (Fsp3) is 0.412. The van der Waals surface area contributed by atoms with Crippen molar-refractivity contribution in [1.29, 1.82) is 0 Å². The number of ether oxygens (including phenoxy) is 2. The van der Waals surface area contributed by atoms with Crippen LogP contribution in [0.4, 0.5) is 0 Å². The van der Waals surface area contributed by atoms with Crippen molar-refractivity contribution in [2.45, 2.75) is 20.3 Å². The largest absolute Gasteiger partial charge is 0.493 e. The Bertz CT molecular complexity index is 552. The van der Waals surface area contributed by atoms with E-state index in [1.165, 1.54) is 0 Å². The zero-order chi connectivity index (χ0) is 14.4. The van der Waals surface area contributed by atoms with E-state index in [0.717, 1.165) is 47.2 Å². The van der Waals surface area contributed by atoms with Crippen LogP contribution in [0.3, 0.4) is 0 Å². The Kier molecular flexibility index (Phi) is 5.72. The third-order valence-electron chi connectivity index (χ3n) is 2.95. The molecule has 0 saturated carbocycles. The number of halogens is 1. The lowest BCUT2D eigenvalue weighted by molar-refractivity contribution is 0.273. The second kappa shape index (κ2) is 7.53.